The monoisotopic (exact) mass is 672 g/mol. The molecule has 0 spiro atoms. The van der Waals surface area contributed by atoms with Crippen LogP contribution in [-0.4, -0.2) is 78.4 Å². The number of aromatic nitrogens is 3. The van der Waals surface area contributed by atoms with Gasteiger partial charge < -0.3 is 25.6 Å². The molecule has 1 aromatic carbocycles. The standard InChI is InChI=1S/C32H33F5N8OS/c1-31(14-44(2)8-7-16(31)9-33)15-46-30-42-26-20(29(43-30)45-12-17-3-4-18(13-45)41-17)11-40-27(25(26)34)24-21(32(35,36)37)5-6-22-23(24)19(10-38)28(39)47-22/h5-6,11,16-18,41H,3-4,7-9,12-15,39H2,1-2H3/t16-,17-,18+,31+/m1/s1. The summed E-state index contributed by atoms with van der Waals surface area (Å²) in [4.78, 5) is 17.5. The highest BCUT2D eigenvalue weighted by Gasteiger charge is 2.41. The minimum absolute atomic E-state index is 0.0198. The van der Waals surface area contributed by atoms with Gasteiger partial charge in [-0.3, -0.25) is 9.37 Å². The van der Waals surface area contributed by atoms with E-state index in [2.05, 4.69) is 20.2 Å². The van der Waals surface area contributed by atoms with E-state index < -0.39 is 40.9 Å². The van der Waals surface area contributed by atoms with E-state index in [1.807, 2.05) is 24.9 Å². The number of ether oxygens (including phenoxy) is 1. The maximum atomic E-state index is 16.9. The van der Waals surface area contributed by atoms with E-state index in [0.717, 1.165) is 36.8 Å². The molecule has 4 aromatic rings. The van der Waals surface area contributed by atoms with Crippen molar-refractivity contribution in [2.45, 2.75) is 44.4 Å². The molecule has 0 unspecified atom stereocenters. The third-order valence-electron chi connectivity index (χ3n) is 9.89. The SMILES string of the molecule is CN1CC[C@H](CF)[C@](C)(COc2nc(N3C[C@H]4CC[C@@H](C3)N4)c3cnc(-c4c(C(F)(F)F)ccc5sc(N)c(C#N)c45)c(F)c3n2)C1. The predicted octanol–water partition coefficient (Wildman–Crippen LogP) is 5.77. The number of halogens is 5. The van der Waals surface area contributed by atoms with Gasteiger partial charge in [-0.2, -0.15) is 28.4 Å². The highest BCUT2D eigenvalue weighted by atomic mass is 32.1. The van der Waals surface area contributed by atoms with Gasteiger partial charge in [0.15, 0.2) is 5.82 Å². The molecule has 7 rings (SSSR count). The molecule has 15 heteroatoms. The van der Waals surface area contributed by atoms with Crippen LogP contribution in [0, 0.1) is 28.5 Å². The first-order chi connectivity index (χ1) is 22.4. The second-order valence-electron chi connectivity index (χ2n) is 13.2. The fourth-order valence-corrected chi connectivity index (χ4v) is 8.41. The first kappa shape index (κ1) is 31.7. The first-order valence-corrected chi connectivity index (χ1v) is 16.3. The molecule has 3 fully saturated rings. The Bertz CT molecular complexity index is 1900. The van der Waals surface area contributed by atoms with Gasteiger partial charge in [0.2, 0.25) is 0 Å². The van der Waals surface area contributed by atoms with Gasteiger partial charge in [0, 0.05) is 59.0 Å². The van der Waals surface area contributed by atoms with Crippen LogP contribution in [0.2, 0.25) is 0 Å². The van der Waals surface area contributed by atoms with E-state index in [9.17, 15) is 22.8 Å². The second kappa shape index (κ2) is 11.7. The normalized spacial score (nSPS) is 25.1. The van der Waals surface area contributed by atoms with E-state index in [0.29, 0.717) is 36.6 Å². The Kier molecular flexibility index (Phi) is 7.88. The van der Waals surface area contributed by atoms with E-state index in [1.54, 1.807) is 0 Å². The van der Waals surface area contributed by atoms with Crippen LogP contribution in [-0.2, 0) is 6.18 Å². The zero-order valence-electron chi connectivity index (χ0n) is 25.8. The number of nitrogen functional groups attached to an aromatic ring is 1. The molecule has 3 aliphatic heterocycles. The number of nitrogens with two attached hydrogens (primary N) is 1. The lowest BCUT2D eigenvalue weighted by molar-refractivity contribution is -0.137. The summed E-state index contributed by atoms with van der Waals surface area (Å²) >= 11 is 0.942. The summed E-state index contributed by atoms with van der Waals surface area (Å²) in [6.07, 6.45) is -1.02. The summed E-state index contributed by atoms with van der Waals surface area (Å²) in [5.41, 5.74) is 2.64. The highest BCUT2D eigenvalue weighted by molar-refractivity contribution is 7.23. The average Bonchev–Trinajstić information content (AvgIpc) is 3.55. The van der Waals surface area contributed by atoms with E-state index in [1.165, 1.54) is 12.3 Å². The number of rotatable bonds is 6. The summed E-state index contributed by atoms with van der Waals surface area (Å²) in [6.45, 7) is 3.95. The number of thiophene rings is 1. The van der Waals surface area contributed by atoms with Crippen molar-refractivity contribution in [3.63, 3.8) is 0 Å². The molecule has 0 radical (unpaired) electrons. The number of nitrogens with zero attached hydrogens (tertiary/aromatic N) is 6. The lowest BCUT2D eigenvalue weighted by atomic mass is 9.73. The number of hydrogen-bond acceptors (Lipinski definition) is 10. The van der Waals surface area contributed by atoms with Crippen LogP contribution in [0.25, 0.3) is 32.2 Å². The van der Waals surface area contributed by atoms with E-state index in [4.69, 9.17) is 15.5 Å². The predicted molar refractivity (Wildman–Crippen MR) is 170 cm³/mol. The van der Waals surface area contributed by atoms with Crippen molar-refractivity contribution in [2.75, 3.05) is 57.1 Å². The zero-order valence-corrected chi connectivity index (χ0v) is 26.6. The number of pyridine rings is 1. The van der Waals surface area contributed by atoms with E-state index in [-0.39, 0.29) is 57.5 Å². The van der Waals surface area contributed by atoms with Crippen LogP contribution in [0.1, 0.15) is 37.3 Å². The molecule has 248 valence electrons. The minimum Gasteiger partial charge on any atom is -0.463 e. The Balaban J connectivity index is 1.41. The van der Waals surface area contributed by atoms with Crippen LogP contribution in [0.5, 0.6) is 6.01 Å². The van der Waals surface area contributed by atoms with Gasteiger partial charge in [0.1, 0.15) is 28.1 Å². The Hall–Kier alpha value is -3.87. The number of nitrogens with one attached hydrogen (secondary N) is 1. The van der Waals surface area contributed by atoms with Crippen LogP contribution in [0.3, 0.4) is 0 Å². The maximum Gasteiger partial charge on any atom is 0.417 e. The number of alkyl halides is 4. The fraction of sp³-hybridized carbons (Fsp3) is 0.500. The average molecular weight is 673 g/mol. The Labute approximate surface area is 271 Å². The number of benzene rings is 1. The van der Waals surface area contributed by atoms with Crippen molar-refractivity contribution in [3.05, 3.63) is 35.3 Å². The van der Waals surface area contributed by atoms with Crippen molar-refractivity contribution in [2.24, 2.45) is 11.3 Å². The molecule has 3 aliphatic rings. The number of hydrogen-bond donors (Lipinski definition) is 2. The maximum absolute atomic E-state index is 16.9. The summed E-state index contributed by atoms with van der Waals surface area (Å²) in [6, 6.07) is 4.19. The molecule has 3 saturated heterocycles. The molecule has 4 atom stereocenters. The first-order valence-electron chi connectivity index (χ1n) is 15.5. The van der Waals surface area contributed by atoms with Gasteiger partial charge >= 0.3 is 12.2 Å². The van der Waals surface area contributed by atoms with E-state index >= 15 is 4.39 Å². The van der Waals surface area contributed by atoms with Crippen molar-refractivity contribution < 1.29 is 26.7 Å². The van der Waals surface area contributed by atoms with Gasteiger partial charge in [0.05, 0.1) is 29.8 Å². The Morgan fingerprint density at radius 2 is 1.94 bits per heavy atom. The van der Waals surface area contributed by atoms with Crippen LogP contribution >= 0.6 is 11.3 Å². The van der Waals surface area contributed by atoms with Crippen molar-refractivity contribution in [1.82, 2.24) is 25.2 Å². The van der Waals surface area contributed by atoms with Crippen LogP contribution < -0.4 is 20.7 Å². The van der Waals surface area contributed by atoms with Gasteiger partial charge in [-0.25, -0.2) is 4.39 Å². The third-order valence-corrected chi connectivity index (χ3v) is 10.9. The van der Waals surface area contributed by atoms with Gasteiger partial charge in [-0.1, -0.05) is 6.92 Å². The summed E-state index contributed by atoms with van der Waals surface area (Å²) < 4.78 is 80.7. The molecule has 3 N–H and O–H groups in total. The van der Waals surface area contributed by atoms with Crippen molar-refractivity contribution in [1.29, 1.82) is 5.26 Å². The lowest BCUT2D eigenvalue weighted by Gasteiger charge is -2.43. The Morgan fingerprint density at radius 3 is 2.62 bits per heavy atom. The molecule has 0 saturated carbocycles. The molecule has 47 heavy (non-hydrogen) atoms. The third kappa shape index (κ3) is 5.49. The van der Waals surface area contributed by atoms with Gasteiger partial charge in [-0.05, 0) is 50.9 Å². The number of nitriles is 1. The molecule has 0 aliphatic carbocycles. The molecule has 6 heterocycles. The zero-order chi connectivity index (χ0) is 33.2. The number of fused-ring (bicyclic) bond motifs is 4. The van der Waals surface area contributed by atoms with Crippen molar-refractivity contribution in [3.8, 4) is 23.3 Å². The minimum atomic E-state index is -4.89. The number of anilines is 2. The number of likely N-dealkylation sites (tertiary alicyclic amines) is 1. The molecular formula is C32H33F5N8OS. The number of piperidine rings is 1. The summed E-state index contributed by atoms with van der Waals surface area (Å²) in [5.74, 6) is -1.00. The molecule has 9 nitrogen and oxygen atoms in total. The Morgan fingerprint density at radius 1 is 1.19 bits per heavy atom. The second-order valence-corrected chi connectivity index (χ2v) is 14.3. The van der Waals surface area contributed by atoms with Gasteiger partial charge in [0.25, 0.3) is 0 Å². The van der Waals surface area contributed by atoms with Crippen molar-refractivity contribution >= 4 is 43.1 Å². The van der Waals surface area contributed by atoms with Crippen LogP contribution in [0.4, 0.5) is 32.8 Å². The molecule has 0 amide bonds. The lowest BCUT2D eigenvalue weighted by Crippen LogP contribution is -2.51. The molecule has 2 bridgehead atoms. The topological polar surface area (TPSA) is 116 Å². The van der Waals surface area contributed by atoms with Crippen LogP contribution in [0.15, 0.2) is 18.3 Å². The quantitative estimate of drug-likeness (QED) is 0.247. The van der Waals surface area contributed by atoms with Gasteiger partial charge in [-0.15, -0.1) is 11.3 Å². The highest BCUT2D eigenvalue weighted by Crippen LogP contribution is 2.47. The molecular weight excluding hydrogens is 639 g/mol. The smallest absolute Gasteiger partial charge is 0.417 e. The summed E-state index contributed by atoms with van der Waals surface area (Å²) in [5, 5.41) is 13.5. The summed E-state index contributed by atoms with van der Waals surface area (Å²) in [7, 11) is 1.95. The molecule has 3 aromatic heterocycles. The largest absolute Gasteiger partial charge is 0.463 e. The number of piperazine rings is 1. The fourth-order valence-electron chi connectivity index (χ4n) is 7.48.